The van der Waals surface area contributed by atoms with E-state index >= 15 is 0 Å². The number of benzene rings is 2. The Hall–Kier alpha value is -3.23. The van der Waals surface area contributed by atoms with Gasteiger partial charge in [-0.2, -0.15) is 18.3 Å². The third kappa shape index (κ3) is 5.71. The Morgan fingerprint density at radius 1 is 1.11 bits per heavy atom. The van der Waals surface area contributed by atoms with Crippen LogP contribution in [0, 0.1) is 11.8 Å². The van der Waals surface area contributed by atoms with Crippen molar-refractivity contribution in [1.29, 1.82) is 0 Å². The smallest absolute Gasteiger partial charge is 0.431 e. The van der Waals surface area contributed by atoms with E-state index in [1.54, 1.807) is 19.2 Å². The molecule has 2 aliphatic heterocycles. The maximum atomic E-state index is 13.4. The van der Waals surface area contributed by atoms with Gasteiger partial charge in [0.25, 0.3) is 0 Å². The molecule has 0 aliphatic carbocycles. The zero-order valence-electron chi connectivity index (χ0n) is 19.8. The number of carboxylic acids is 1. The maximum Gasteiger partial charge on any atom is 0.431 e. The highest BCUT2D eigenvalue weighted by Crippen LogP contribution is 2.36. The van der Waals surface area contributed by atoms with Gasteiger partial charge < -0.3 is 14.7 Å². The third-order valence-electron chi connectivity index (χ3n) is 6.97. The number of hydrazone groups is 1. The fraction of sp³-hybridized carbons (Fsp3) is 0.462. The number of aliphatic carboxylic acids is 1. The molecule has 6 nitrogen and oxygen atoms in total. The fourth-order valence-corrected chi connectivity index (χ4v) is 5.00. The van der Waals surface area contributed by atoms with Gasteiger partial charge in [-0.1, -0.05) is 25.1 Å². The van der Waals surface area contributed by atoms with Gasteiger partial charge in [-0.25, -0.2) is 0 Å². The van der Waals surface area contributed by atoms with E-state index in [0.717, 1.165) is 49.4 Å². The Kier molecular flexibility index (Phi) is 7.23. The molecule has 2 unspecified atom stereocenters. The number of halogens is 3. The normalized spacial score (nSPS) is 21.2. The van der Waals surface area contributed by atoms with Gasteiger partial charge in [-0.05, 0) is 55.0 Å². The quantitative estimate of drug-likeness (QED) is 0.566. The molecular weight excluding hydrogens is 459 g/mol. The van der Waals surface area contributed by atoms with Crippen molar-refractivity contribution in [2.24, 2.45) is 16.9 Å². The van der Waals surface area contributed by atoms with E-state index < -0.39 is 36.2 Å². The van der Waals surface area contributed by atoms with Crippen LogP contribution in [0.15, 0.2) is 53.6 Å². The molecule has 4 rings (SSSR count). The van der Waals surface area contributed by atoms with Crippen LogP contribution in [0.4, 0.5) is 24.5 Å². The molecule has 188 valence electrons. The SMILES string of the molecule is COc1cccc(N2CCC(Cc3ccc(N4N=C(C(F)(F)F)C(C)C4CC(=O)O)cc3)CC2)c1. The van der Waals surface area contributed by atoms with Gasteiger partial charge in [0.15, 0.2) is 0 Å². The summed E-state index contributed by atoms with van der Waals surface area (Å²) in [7, 11) is 1.66. The van der Waals surface area contributed by atoms with E-state index in [0.29, 0.717) is 11.6 Å². The molecule has 0 radical (unpaired) electrons. The standard InChI is InChI=1S/C26H30F3N3O3/c1-17-23(16-24(33)34)32(30-25(17)26(27,28)29)20-8-6-18(7-9-20)14-19-10-12-31(13-11-19)21-4-3-5-22(15-21)35-2/h3-9,15,17,19,23H,10-14,16H2,1-2H3,(H,33,34). The van der Waals surface area contributed by atoms with Crippen LogP contribution in [0.5, 0.6) is 5.75 Å². The summed E-state index contributed by atoms with van der Waals surface area (Å²) < 4.78 is 45.5. The van der Waals surface area contributed by atoms with Crippen LogP contribution in [0.3, 0.4) is 0 Å². The Bertz CT molecular complexity index is 1060. The Morgan fingerprint density at radius 2 is 1.80 bits per heavy atom. The molecule has 0 amide bonds. The van der Waals surface area contributed by atoms with Crippen molar-refractivity contribution in [3.63, 3.8) is 0 Å². The minimum Gasteiger partial charge on any atom is -0.497 e. The monoisotopic (exact) mass is 489 g/mol. The summed E-state index contributed by atoms with van der Waals surface area (Å²) in [4.78, 5) is 13.6. The van der Waals surface area contributed by atoms with Gasteiger partial charge in [0, 0.05) is 30.8 Å². The minimum absolute atomic E-state index is 0.419. The van der Waals surface area contributed by atoms with Gasteiger partial charge in [0.05, 0.1) is 25.3 Å². The Labute approximate surface area is 203 Å². The first-order valence-electron chi connectivity index (χ1n) is 11.8. The summed E-state index contributed by atoms with van der Waals surface area (Å²) >= 11 is 0. The molecule has 2 heterocycles. The zero-order valence-corrected chi connectivity index (χ0v) is 19.8. The van der Waals surface area contributed by atoms with Crippen LogP contribution in [0.25, 0.3) is 0 Å². The molecular formula is C26H30F3N3O3. The molecule has 2 aromatic rings. The van der Waals surface area contributed by atoms with Crippen molar-refractivity contribution < 1.29 is 27.8 Å². The number of carboxylic acid groups (broad SMARTS) is 1. The summed E-state index contributed by atoms with van der Waals surface area (Å²) in [6.45, 7) is 3.28. The minimum atomic E-state index is -4.59. The molecule has 2 aromatic carbocycles. The van der Waals surface area contributed by atoms with Crippen molar-refractivity contribution in [3.8, 4) is 5.75 Å². The van der Waals surface area contributed by atoms with Crippen LogP contribution in [-0.4, -0.2) is 49.2 Å². The number of anilines is 2. The average molecular weight is 490 g/mol. The molecule has 1 saturated heterocycles. The summed E-state index contributed by atoms with van der Waals surface area (Å²) in [6.07, 6.45) is -2.04. The molecule has 1 fully saturated rings. The maximum absolute atomic E-state index is 13.4. The molecule has 0 aromatic heterocycles. The lowest BCUT2D eigenvalue weighted by Gasteiger charge is -2.34. The average Bonchev–Trinajstić information content (AvgIpc) is 3.16. The molecule has 1 N–H and O–H groups in total. The lowest BCUT2D eigenvalue weighted by molar-refractivity contribution is -0.137. The summed E-state index contributed by atoms with van der Waals surface area (Å²) in [5.74, 6) is -0.818. The molecule has 9 heteroatoms. The molecule has 0 bridgehead atoms. The first-order chi connectivity index (χ1) is 16.7. The zero-order chi connectivity index (χ0) is 25.2. The number of hydrogen-bond donors (Lipinski definition) is 1. The number of nitrogens with zero attached hydrogens (tertiary/aromatic N) is 3. The number of rotatable bonds is 7. The van der Waals surface area contributed by atoms with E-state index in [1.807, 2.05) is 30.3 Å². The van der Waals surface area contributed by atoms with Gasteiger partial charge in [0.1, 0.15) is 11.5 Å². The predicted octanol–water partition coefficient (Wildman–Crippen LogP) is 5.37. The molecule has 0 spiro atoms. The predicted molar refractivity (Wildman–Crippen MR) is 129 cm³/mol. The first-order valence-corrected chi connectivity index (χ1v) is 11.8. The molecule has 0 saturated carbocycles. The van der Waals surface area contributed by atoms with E-state index in [2.05, 4.69) is 16.1 Å². The van der Waals surface area contributed by atoms with Gasteiger partial charge in [-0.3, -0.25) is 9.80 Å². The van der Waals surface area contributed by atoms with Gasteiger partial charge in [0.2, 0.25) is 0 Å². The highest BCUT2D eigenvalue weighted by atomic mass is 19.4. The second-order valence-electron chi connectivity index (χ2n) is 9.28. The number of methoxy groups -OCH3 is 1. The van der Waals surface area contributed by atoms with Crippen molar-refractivity contribution in [2.75, 3.05) is 30.1 Å². The Morgan fingerprint density at radius 3 is 2.40 bits per heavy atom. The summed E-state index contributed by atoms with van der Waals surface area (Å²) in [6, 6.07) is 14.5. The van der Waals surface area contributed by atoms with Crippen LogP contribution in [0.1, 0.15) is 31.7 Å². The van der Waals surface area contributed by atoms with Crippen LogP contribution in [-0.2, 0) is 11.2 Å². The first kappa shape index (κ1) is 24.9. The van der Waals surface area contributed by atoms with E-state index in [4.69, 9.17) is 4.74 Å². The molecule has 2 atom stereocenters. The molecule has 2 aliphatic rings. The highest BCUT2D eigenvalue weighted by molar-refractivity contribution is 5.95. The van der Waals surface area contributed by atoms with Crippen LogP contribution >= 0.6 is 0 Å². The number of alkyl halides is 3. The number of carbonyl (C=O) groups is 1. The van der Waals surface area contributed by atoms with Crippen molar-refractivity contribution >= 4 is 23.1 Å². The lowest BCUT2D eigenvalue weighted by atomic mass is 9.90. The summed E-state index contributed by atoms with van der Waals surface area (Å²) in [5, 5.41) is 14.2. The van der Waals surface area contributed by atoms with Crippen molar-refractivity contribution in [3.05, 3.63) is 54.1 Å². The van der Waals surface area contributed by atoms with Gasteiger partial charge >= 0.3 is 12.1 Å². The topological polar surface area (TPSA) is 65.4 Å². The number of hydrogen-bond acceptors (Lipinski definition) is 5. The van der Waals surface area contributed by atoms with E-state index in [-0.39, 0.29) is 0 Å². The fourth-order valence-electron chi connectivity index (χ4n) is 5.00. The summed E-state index contributed by atoms with van der Waals surface area (Å²) in [5.41, 5.74) is 1.80. The van der Waals surface area contributed by atoms with Crippen molar-refractivity contribution in [2.45, 2.75) is 44.8 Å². The Balaban J connectivity index is 1.40. The third-order valence-corrected chi connectivity index (χ3v) is 6.97. The van der Waals surface area contributed by atoms with Crippen molar-refractivity contribution in [1.82, 2.24) is 0 Å². The highest BCUT2D eigenvalue weighted by Gasteiger charge is 2.48. The second-order valence-corrected chi connectivity index (χ2v) is 9.28. The second kappa shape index (κ2) is 10.2. The van der Waals surface area contributed by atoms with E-state index in [9.17, 15) is 23.1 Å². The number of ether oxygens (including phenoxy) is 1. The van der Waals surface area contributed by atoms with Crippen LogP contribution in [0.2, 0.25) is 0 Å². The van der Waals surface area contributed by atoms with Gasteiger partial charge in [-0.15, -0.1) is 0 Å². The molecule has 35 heavy (non-hydrogen) atoms. The number of piperidine rings is 1. The van der Waals surface area contributed by atoms with E-state index in [1.165, 1.54) is 11.9 Å². The lowest BCUT2D eigenvalue weighted by Crippen LogP contribution is -2.36. The van der Waals surface area contributed by atoms with Crippen LogP contribution < -0.4 is 14.6 Å². The largest absolute Gasteiger partial charge is 0.497 e.